The van der Waals surface area contributed by atoms with Gasteiger partial charge in [0.2, 0.25) is 0 Å². The van der Waals surface area contributed by atoms with Crippen LogP contribution in [0.1, 0.15) is 38.5 Å². The second-order valence-electron chi connectivity index (χ2n) is 6.60. The summed E-state index contributed by atoms with van der Waals surface area (Å²) in [7, 11) is 0. The molecule has 3 unspecified atom stereocenters. The molecule has 0 N–H and O–H groups in total. The number of thioether (sulfide) groups is 1. The zero-order valence-corrected chi connectivity index (χ0v) is 17.1. The number of hydrogen-bond donors (Lipinski definition) is 1. The van der Waals surface area contributed by atoms with E-state index in [1.807, 2.05) is 0 Å². The van der Waals surface area contributed by atoms with E-state index in [4.69, 9.17) is 18.9 Å². The van der Waals surface area contributed by atoms with Gasteiger partial charge in [0.1, 0.15) is 13.2 Å². The van der Waals surface area contributed by atoms with Gasteiger partial charge in [-0.3, -0.25) is 14.4 Å². The summed E-state index contributed by atoms with van der Waals surface area (Å²) in [6.07, 6.45) is 4.86. The topological polar surface area (TPSA) is 91.4 Å². The molecule has 1 aliphatic heterocycles. The quantitative estimate of drug-likeness (QED) is 0.159. The Balaban J connectivity index is 1.37. The molecule has 1 heterocycles. The van der Waals surface area contributed by atoms with Gasteiger partial charge in [-0.25, -0.2) is 0 Å². The normalized spacial score (nSPS) is 23.2. The van der Waals surface area contributed by atoms with Gasteiger partial charge in [0.05, 0.1) is 38.1 Å². The molecule has 1 saturated carbocycles. The average molecular weight is 421 g/mol. The number of rotatable bonds is 13. The fourth-order valence-electron chi connectivity index (χ4n) is 2.88. The van der Waals surface area contributed by atoms with Gasteiger partial charge in [0.25, 0.3) is 0 Å². The first-order valence-electron chi connectivity index (χ1n) is 9.39. The van der Waals surface area contributed by atoms with E-state index in [-0.39, 0.29) is 44.0 Å². The number of ether oxygens (including phenoxy) is 4. The molecule has 154 valence electrons. The molecule has 27 heavy (non-hydrogen) atoms. The number of carbonyl (C=O) groups is 3. The van der Waals surface area contributed by atoms with Crippen molar-refractivity contribution in [2.45, 2.75) is 50.7 Å². The fraction of sp³-hybridized carbons (Fsp3) is 0.833. The largest absolute Gasteiger partial charge is 0.465 e. The van der Waals surface area contributed by atoms with E-state index in [0.29, 0.717) is 48.4 Å². The Hall–Kier alpha value is -0.930. The maximum atomic E-state index is 11.7. The van der Waals surface area contributed by atoms with Crippen LogP contribution in [0.25, 0.3) is 0 Å². The van der Waals surface area contributed by atoms with Crippen LogP contribution in [-0.4, -0.2) is 67.2 Å². The van der Waals surface area contributed by atoms with Crippen molar-refractivity contribution in [2.24, 2.45) is 5.92 Å². The zero-order chi connectivity index (χ0) is 19.5. The van der Waals surface area contributed by atoms with Crippen molar-refractivity contribution >= 4 is 42.3 Å². The third-order valence-corrected chi connectivity index (χ3v) is 5.63. The van der Waals surface area contributed by atoms with Crippen molar-refractivity contribution < 1.29 is 33.3 Å². The Bertz CT molecular complexity index is 500. The van der Waals surface area contributed by atoms with Gasteiger partial charge < -0.3 is 18.9 Å². The van der Waals surface area contributed by atoms with Crippen LogP contribution in [0.15, 0.2) is 0 Å². The number of epoxide rings is 1. The molecule has 9 heteroatoms. The van der Waals surface area contributed by atoms with E-state index in [1.54, 1.807) is 0 Å². The lowest BCUT2D eigenvalue weighted by molar-refractivity contribution is -0.151. The van der Waals surface area contributed by atoms with E-state index in [1.165, 1.54) is 11.8 Å². The van der Waals surface area contributed by atoms with Crippen LogP contribution in [0.3, 0.4) is 0 Å². The second-order valence-corrected chi connectivity index (χ2v) is 8.27. The highest BCUT2D eigenvalue weighted by Crippen LogP contribution is 2.39. The van der Waals surface area contributed by atoms with Gasteiger partial charge in [0.15, 0.2) is 0 Å². The van der Waals surface area contributed by atoms with Crippen LogP contribution in [0.5, 0.6) is 0 Å². The first-order valence-corrected chi connectivity index (χ1v) is 11.2. The third-order valence-electron chi connectivity index (χ3n) is 4.42. The second kappa shape index (κ2) is 12.5. The lowest BCUT2D eigenvalue weighted by Crippen LogP contribution is -2.20. The van der Waals surface area contributed by atoms with Crippen LogP contribution in [-0.2, 0) is 33.3 Å². The van der Waals surface area contributed by atoms with Gasteiger partial charge >= 0.3 is 17.9 Å². The van der Waals surface area contributed by atoms with Gasteiger partial charge in [-0.15, -0.1) is 0 Å². The minimum atomic E-state index is -0.350. The Morgan fingerprint density at radius 2 is 1.52 bits per heavy atom. The molecule has 2 rings (SSSR count). The molecule has 3 atom stereocenters. The summed E-state index contributed by atoms with van der Waals surface area (Å²) >= 11 is 5.44. The number of carbonyl (C=O) groups excluding carboxylic acids is 3. The molecule has 0 spiro atoms. The van der Waals surface area contributed by atoms with Crippen molar-refractivity contribution in [2.75, 3.05) is 37.1 Å². The lowest BCUT2D eigenvalue weighted by Gasteiger charge is -2.18. The Morgan fingerprint density at radius 3 is 2.15 bits per heavy atom. The molecule has 1 aliphatic carbocycles. The SMILES string of the molecule is O=C(CCS)OCCOC(=O)CCSCCC(=O)OCC1CCC2OC2C1. The molecule has 2 fully saturated rings. The maximum absolute atomic E-state index is 11.7. The zero-order valence-electron chi connectivity index (χ0n) is 15.4. The molecule has 0 aromatic rings. The molecule has 0 radical (unpaired) electrons. The van der Waals surface area contributed by atoms with Crippen LogP contribution < -0.4 is 0 Å². The Kier molecular flexibility index (Phi) is 10.4. The Labute approximate surface area is 169 Å². The molecule has 0 amide bonds. The van der Waals surface area contributed by atoms with Crippen LogP contribution in [0, 0.1) is 5.92 Å². The third kappa shape index (κ3) is 9.71. The van der Waals surface area contributed by atoms with E-state index < -0.39 is 0 Å². The summed E-state index contributed by atoms with van der Waals surface area (Å²) < 4.78 is 20.6. The van der Waals surface area contributed by atoms with Crippen molar-refractivity contribution in [3.8, 4) is 0 Å². The highest BCUT2D eigenvalue weighted by Gasteiger charge is 2.43. The molecular weight excluding hydrogens is 392 g/mol. The van der Waals surface area contributed by atoms with Gasteiger partial charge in [-0.05, 0) is 25.2 Å². The van der Waals surface area contributed by atoms with Gasteiger partial charge in [0, 0.05) is 17.3 Å². The van der Waals surface area contributed by atoms with Crippen LogP contribution >= 0.6 is 24.4 Å². The Morgan fingerprint density at radius 1 is 0.889 bits per heavy atom. The van der Waals surface area contributed by atoms with E-state index in [9.17, 15) is 14.4 Å². The van der Waals surface area contributed by atoms with Crippen molar-refractivity contribution in [1.82, 2.24) is 0 Å². The summed E-state index contributed by atoms with van der Waals surface area (Å²) in [5, 5.41) is 0. The predicted molar refractivity (Wildman–Crippen MR) is 104 cm³/mol. The molecule has 0 bridgehead atoms. The van der Waals surface area contributed by atoms with Gasteiger partial charge in [-0.2, -0.15) is 24.4 Å². The summed E-state index contributed by atoms with van der Waals surface area (Å²) in [4.78, 5) is 34.4. The van der Waals surface area contributed by atoms with E-state index >= 15 is 0 Å². The lowest BCUT2D eigenvalue weighted by atomic mass is 9.90. The molecule has 7 nitrogen and oxygen atoms in total. The molecule has 0 aromatic carbocycles. The first kappa shape index (κ1) is 22.4. The monoisotopic (exact) mass is 420 g/mol. The molecular formula is C18H28O7S2. The van der Waals surface area contributed by atoms with Crippen LogP contribution in [0.4, 0.5) is 0 Å². The average Bonchev–Trinajstić information content (AvgIpc) is 3.42. The molecule has 2 aliphatic rings. The van der Waals surface area contributed by atoms with Crippen molar-refractivity contribution in [3.63, 3.8) is 0 Å². The number of thiol groups is 1. The summed E-state index contributed by atoms with van der Waals surface area (Å²) in [5.74, 6) is 1.18. The summed E-state index contributed by atoms with van der Waals surface area (Å²) in [6.45, 7) is 0.606. The number of fused-ring (bicyclic) bond motifs is 1. The highest BCUT2D eigenvalue weighted by molar-refractivity contribution is 7.99. The van der Waals surface area contributed by atoms with E-state index in [2.05, 4.69) is 12.6 Å². The summed E-state index contributed by atoms with van der Waals surface area (Å²) in [6, 6.07) is 0. The summed E-state index contributed by atoms with van der Waals surface area (Å²) in [5.41, 5.74) is 0. The smallest absolute Gasteiger partial charge is 0.306 e. The minimum absolute atomic E-state index is 0.0575. The number of hydrogen-bond acceptors (Lipinski definition) is 9. The molecule has 1 saturated heterocycles. The number of esters is 3. The molecule has 0 aromatic heterocycles. The maximum Gasteiger partial charge on any atom is 0.306 e. The van der Waals surface area contributed by atoms with Crippen molar-refractivity contribution in [3.05, 3.63) is 0 Å². The standard InChI is InChI=1S/C18H28O7S2/c19-16(3-8-26)22-6-7-23-17(20)4-9-27-10-5-18(21)24-12-13-1-2-14-15(11-13)25-14/h13-15,26H,1-12H2. The minimum Gasteiger partial charge on any atom is -0.465 e. The fourth-order valence-corrected chi connectivity index (χ4v) is 3.89. The predicted octanol–water partition coefficient (Wildman–Crippen LogP) is 2.02. The first-order chi connectivity index (χ1) is 13.1. The van der Waals surface area contributed by atoms with Crippen molar-refractivity contribution in [1.29, 1.82) is 0 Å². The highest BCUT2D eigenvalue weighted by atomic mass is 32.2. The van der Waals surface area contributed by atoms with E-state index in [0.717, 1.165) is 19.3 Å². The van der Waals surface area contributed by atoms with Crippen LogP contribution in [0.2, 0.25) is 0 Å². The van der Waals surface area contributed by atoms with Gasteiger partial charge in [-0.1, -0.05) is 0 Å².